The standard InChI is InChI=1S/C19H24N2OS2/c1-4-11-20-19(23)21(15(2)13-18-6-5-12-24-18)14-16-7-9-17(22-3)10-8-16/h4-10,12,15H,1,11,13-14H2,2-3H3,(H,20,23)/t15-/m1/s1. The molecule has 1 atom stereocenters. The molecule has 0 bridgehead atoms. The molecule has 128 valence electrons. The second kappa shape index (κ2) is 9.45. The minimum atomic E-state index is 0.301. The van der Waals surface area contributed by atoms with Crippen molar-refractivity contribution in [2.45, 2.75) is 25.9 Å². The summed E-state index contributed by atoms with van der Waals surface area (Å²) < 4.78 is 5.23. The van der Waals surface area contributed by atoms with Gasteiger partial charge in [-0.3, -0.25) is 0 Å². The Morgan fingerprint density at radius 1 is 1.38 bits per heavy atom. The number of hydrogen-bond donors (Lipinski definition) is 1. The van der Waals surface area contributed by atoms with Crippen molar-refractivity contribution in [3.05, 3.63) is 64.9 Å². The molecule has 0 aliphatic carbocycles. The first-order valence-corrected chi connectivity index (χ1v) is 9.23. The minimum absolute atomic E-state index is 0.301. The highest BCUT2D eigenvalue weighted by molar-refractivity contribution is 7.80. The molecule has 1 heterocycles. The summed E-state index contributed by atoms with van der Waals surface area (Å²) in [5.41, 5.74) is 1.21. The average molecular weight is 361 g/mol. The zero-order chi connectivity index (χ0) is 17.4. The molecule has 2 aromatic rings. The number of hydrogen-bond acceptors (Lipinski definition) is 3. The van der Waals surface area contributed by atoms with Crippen molar-refractivity contribution in [3.63, 3.8) is 0 Å². The van der Waals surface area contributed by atoms with E-state index in [-0.39, 0.29) is 0 Å². The normalized spacial score (nSPS) is 11.6. The van der Waals surface area contributed by atoms with E-state index in [0.717, 1.165) is 23.8 Å². The Hall–Kier alpha value is -1.85. The number of nitrogens with zero attached hydrogens (tertiary/aromatic N) is 1. The molecular formula is C19H24N2OS2. The summed E-state index contributed by atoms with van der Waals surface area (Å²) in [5, 5.41) is 6.13. The number of nitrogens with one attached hydrogen (secondary N) is 1. The first-order chi connectivity index (χ1) is 11.6. The Kier molecular flexibility index (Phi) is 7.28. The lowest BCUT2D eigenvalue weighted by atomic mass is 10.1. The van der Waals surface area contributed by atoms with Gasteiger partial charge in [0.25, 0.3) is 0 Å². The number of thiophene rings is 1. The second-order valence-corrected chi connectivity index (χ2v) is 7.00. The Labute approximate surface area is 154 Å². The summed E-state index contributed by atoms with van der Waals surface area (Å²) in [5.74, 6) is 0.865. The Morgan fingerprint density at radius 3 is 2.71 bits per heavy atom. The van der Waals surface area contributed by atoms with Crippen molar-refractivity contribution in [3.8, 4) is 5.75 Å². The Balaban J connectivity index is 2.11. The lowest BCUT2D eigenvalue weighted by Gasteiger charge is -2.32. The molecule has 1 aromatic carbocycles. The summed E-state index contributed by atoms with van der Waals surface area (Å²) in [6, 6.07) is 12.7. The van der Waals surface area contributed by atoms with Gasteiger partial charge in [-0.2, -0.15) is 0 Å². The van der Waals surface area contributed by atoms with E-state index in [1.54, 1.807) is 18.4 Å². The molecule has 0 aliphatic heterocycles. The van der Waals surface area contributed by atoms with Gasteiger partial charge in [-0.1, -0.05) is 24.3 Å². The van der Waals surface area contributed by atoms with Crippen LogP contribution in [0.3, 0.4) is 0 Å². The fourth-order valence-electron chi connectivity index (χ4n) is 2.45. The van der Waals surface area contributed by atoms with Gasteiger partial charge in [0.15, 0.2) is 5.11 Å². The summed E-state index contributed by atoms with van der Waals surface area (Å²) in [4.78, 5) is 3.61. The SMILES string of the molecule is C=CCNC(=S)N(Cc1ccc(OC)cc1)[C@H](C)Cc1cccs1. The lowest BCUT2D eigenvalue weighted by molar-refractivity contribution is 0.318. The quantitative estimate of drug-likeness (QED) is 0.562. The van der Waals surface area contributed by atoms with Gasteiger partial charge in [-0.05, 0) is 48.3 Å². The van der Waals surface area contributed by atoms with Gasteiger partial charge in [0, 0.05) is 30.4 Å². The van der Waals surface area contributed by atoms with Crippen LogP contribution in [-0.2, 0) is 13.0 Å². The van der Waals surface area contributed by atoms with Crippen LogP contribution in [0.2, 0.25) is 0 Å². The van der Waals surface area contributed by atoms with Crippen LogP contribution in [0.25, 0.3) is 0 Å². The van der Waals surface area contributed by atoms with Crippen LogP contribution < -0.4 is 10.1 Å². The molecular weight excluding hydrogens is 336 g/mol. The zero-order valence-electron chi connectivity index (χ0n) is 14.2. The maximum atomic E-state index is 5.61. The van der Waals surface area contributed by atoms with Crippen molar-refractivity contribution in [2.75, 3.05) is 13.7 Å². The highest BCUT2D eigenvalue weighted by Crippen LogP contribution is 2.18. The molecule has 0 amide bonds. The van der Waals surface area contributed by atoms with E-state index in [1.165, 1.54) is 10.4 Å². The third-order valence-electron chi connectivity index (χ3n) is 3.78. The van der Waals surface area contributed by atoms with Gasteiger partial charge in [0.2, 0.25) is 0 Å². The van der Waals surface area contributed by atoms with Crippen LogP contribution in [-0.4, -0.2) is 29.7 Å². The molecule has 0 aliphatic rings. The predicted molar refractivity (Wildman–Crippen MR) is 107 cm³/mol. The molecule has 0 spiro atoms. The summed E-state index contributed by atoms with van der Waals surface area (Å²) in [7, 11) is 1.68. The molecule has 0 radical (unpaired) electrons. The van der Waals surface area contributed by atoms with Crippen molar-refractivity contribution in [1.29, 1.82) is 0 Å². The molecule has 0 fully saturated rings. The van der Waals surface area contributed by atoms with Crippen LogP contribution in [0.4, 0.5) is 0 Å². The molecule has 2 rings (SSSR count). The van der Waals surface area contributed by atoms with E-state index in [9.17, 15) is 0 Å². The molecule has 24 heavy (non-hydrogen) atoms. The molecule has 1 N–H and O–H groups in total. The predicted octanol–water partition coefficient (Wildman–Crippen LogP) is 4.25. The van der Waals surface area contributed by atoms with E-state index >= 15 is 0 Å². The van der Waals surface area contributed by atoms with Crippen LogP contribution >= 0.6 is 23.6 Å². The largest absolute Gasteiger partial charge is 0.497 e. The van der Waals surface area contributed by atoms with Gasteiger partial charge in [-0.25, -0.2) is 0 Å². The monoisotopic (exact) mass is 360 g/mol. The molecule has 0 saturated carbocycles. The van der Waals surface area contributed by atoms with E-state index in [2.05, 4.69) is 53.4 Å². The van der Waals surface area contributed by atoms with Gasteiger partial charge in [0.05, 0.1) is 7.11 Å². The van der Waals surface area contributed by atoms with E-state index in [1.807, 2.05) is 18.2 Å². The Morgan fingerprint density at radius 2 is 2.12 bits per heavy atom. The lowest BCUT2D eigenvalue weighted by Crippen LogP contribution is -2.45. The number of methoxy groups -OCH3 is 1. The van der Waals surface area contributed by atoms with Gasteiger partial charge >= 0.3 is 0 Å². The van der Waals surface area contributed by atoms with E-state index in [0.29, 0.717) is 12.6 Å². The van der Waals surface area contributed by atoms with Crippen molar-refractivity contribution < 1.29 is 4.74 Å². The maximum Gasteiger partial charge on any atom is 0.169 e. The highest BCUT2D eigenvalue weighted by atomic mass is 32.1. The fraction of sp³-hybridized carbons (Fsp3) is 0.316. The van der Waals surface area contributed by atoms with Gasteiger partial charge in [-0.15, -0.1) is 17.9 Å². The summed E-state index contributed by atoms with van der Waals surface area (Å²) in [6.07, 6.45) is 2.80. The van der Waals surface area contributed by atoms with Gasteiger partial charge in [0.1, 0.15) is 5.75 Å². The Bertz CT molecular complexity index is 638. The molecule has 0 unspecified atom stereocenters. The first-order valence-electron chi connectivity index (χ1n) is 7.94. The van der Waals surface area contributed by atoms with Crippen LogP contribution in [0.1, 0.15) is 17.4 Å². The number of thiocarbonyl (C=S) groups is 1. The van der Waals surface area contributed by atoms with Crippen molar-refractivity contribution in [1.82, 2.24) is 10.2 Å². The number of benzene rings is 1. The molecule has 1 aromatic heterocycles. The number of ether oxygens (including phenoxy) is 1. The zero-order valence-corrected chi connectivity index (χ0v) is 15.8. The van der Waals surface area contributed by atoms with E-state index in [4.69, 9.17) is 17.0 Å². The van der Waals surface area contributed by atoms with Crippen LogP contribution in [0, 0.1) is 0 Å². The topological polar surface area (TPSA) is 24.5 Å². The van der Waals surface area contributed by atoms with Crippen LogP contribution in [0.5, 0.6) is 5.75 Å². The van der Waals surface area contributed by atoms with Crippen molar-refractivity contribution in [2.24, 2.45) is 0 Å². The molecule has 0 saturated heterocycles. The average Bonchev–Trinajstić information content (AvgIpc) is 3.10. The second-order valence-electron chi connectivity index (χ2n) is 5.58. The highest BCUT2D eigenvalue weighted by Gasteiger charge is 2.18. The van der Waals surface area contributed by atoms with Gasteiger partial charge < -0.3 is 15.0 Å². The first kappa shape index (κ1) is 18.5. The fourth-order valence-corrected chi connectivity index (χ4v) is 3.60. The van der Waals surface area contributed by atoms with Crippen molar-refractivity contribution >= 4 is 28.7 Å². The number of rotatable bonds is 8. The molecule has 3 nitrogen and oxygen atoms in total. The third-order valence-corrected chi connectivity index (χ3v) is 5.06. The third kappa shape index (κ3) is 5.35. The minimum Gasteiger partial charge on any atom is -0.497 e. The molecule has 5 heteroatoms. The summed E-state index contributed by atoms with van der Waals surface area (Å²) >= 11 is 7.39. The summed E-state index contributed by atoms with van der Waals surface area (Å²) in [6.45, 7) is 7.39. The smallest absolute Gasteiger partial charge is 0.169 e. The van der Waals surface area contributed by atoms with Crippen LogP contribution in [0.15, 0.2) is 54.4 Å². The maximum absolute atomic E-state index is 5.61. The van der Waals surface area contributed by atoms with E-state index < -0.39 is 0 Å².